The maximum absolute atomic E-state index is 9.98. The van der Waals surface area contributed by atoms with E-state index in [2.05, 4.69) is 73.5 Å². The molecule has 3 aromatic carbocycles. The number of fused-ring (bicyclic) bond motifs is 1. The highest BCUT2D eigenvalue weighted by molar-refractivity contribution is 5.60. The van der Waals surface area contributed by atoms with Crippen LogP contribution in [0.4, 0.5) is 5.69 Å². The number of phenols is 1. The number of benzene rings is 3. The fourth-order valence-electron chi connectivity index (χ4n) is 5.72. The van der Waals surface area contributed by atoms with Gasteiger partial charge in [0.25, 0.3) is 0 Å². The van der Waals surface area contributed by atoms with Gasteiger partial charge in [-0.25, -0.2) is 0 Å². The molecule has 5 nitrogen and oxygen atoms in total. The summed E-state index contributed by atoms with van der Waals surface area (Å²) < 4.78 is 5.60. The van der Waals surface area contributed by atoms with E-state index in [-0.39, 0.29) is 12.1 Å². The molecule has 198 valence electrons. The number of likely N-dealkylation sites (N-methyl/N-ethyl adjacent to an activating group) is 1. The number of hydrogen-bond acceptors (Lipinski definition) is 5. The summed E-state index contributed by atoms with van der Waals surface area (Å²) in [7, 11) is 1.70. The molecule has 0 amide bonds. The molecule has 0 aromatic heterocycles. The molecular formula is C32H42N2O3. The molecular weight excluding hydrogens is 460 g/mol. The number of ether oxygens (including phenoxy) is 1. The summed E-state index contributed by atoms with van der Waals surface area (Å²) in [6, 6.07) is 21.0. The van der Waals surface area contributed by atoms with Gasteiger partial charge in [0.1, 0.15) is 11.5 Å². The van der Waals surface area contributed by atoms with Gasteiger partial charge in [0.05, 0.1) is 13.7 Å². The zero-order valence-electron chi connectivity index (χ0n) is 22.8. The van der Waals surface area contributed by atoms with Crippen LogP contribution in [-0.4, -0.2) is 42.6 Å². The van der Waals surface area contributed by atoms with Crippen molar-refractivity contribution in [1.29, 1.82) is 0 Å². The van der Waals surface area contributed by atoms with Gasteiger partial charge in [0.15, 0.2) is 0 Å². The number of hydrogen-bond donors (Lipinski definition) is 3. The summed E-state index contributed by atoms with van der Waals surface area (Å²) in [6.45, 7) is 8.93. The first-order valence-electron chi connectivity index (χ1n) is 13.5. The molecule has 3 N–H and O–H groups in total. The molecule has 0 fully saturated rings. The quantitative estimate of drug-likeness (QED) is 0.318. The summed E-state index contributed by atoms with van der Waals surface area (Å²) >= 11 is 0. The summed E-state index contributed by atoms with van der Waals surface area (Å²) in [5, 5.41) is 23.4. The molecule has 1 atom stereocenters. The number of nitrogens with zero attached hydrogens (tertiary/aromatic N) is 1. The van der Waals surface area contributed by atoms with Crippen molar-refractivity contribution < 1.29 is 14.9 Å². The Balaban J connectivity index is 1.59. The Hall–Kier alpha value is -3.02. The molecule has 0 bridgehead atoms. The smallest absolute Gasteiger partial charge is 0.120 e. The lowest BCUT2D eigenvalue weighted by molar-refractivity contribution is 0.301. The molecule has 0 saturated carbocycles. The predicted octanol–water partition coefficient (Wildman–Crippen LogP) is 5.60. The van der Waals surface area contributed by atoms with Crippen molar-refractivity contribution in [2.45, 2.75) is 64.5 Å². The van der Waals surface area contributed by atoms with Gasteiger partial charge < -0.3 is 25.2 Å². The van der Waals surface area contributed by atoms with Crippen molar-refractivity contribution in [2.75, 3.05) is 31.7 Å². The van der Waals surface area contributed by atoms with Gasteiger partial charge in [-0.2, -0.15) is 0 Å². The van der Waals surface area contributed by atoms with Crippen LogP contribution in [0.15, 0.2) is 60.7 Å². The van der Waals surface area contributed by atoms with Crippen LogP contribution in [-0.2, 0) is 25.8 Å². The average Bonchev–Trinajstić information content (AvgIpc) is 2.88. The van der Waals surface area contributed by atoms with Crippen LogP contribution in [0.5, 0.6) is 11.5 Å². The number of rotatable bonds is 11. The van der Waals surface area contributed by atoms with Gasteiger partial charge in [-0.3, -0.25) is 0 Å². The number of methoxy groups -OCH3 is 1. The Morgan fingerprint density at radius 2 is 1.76 bits per heavy atom. The minimum absolute atomic E-state index is 0.0616. The number of aromatic hydroxyl groups is 1. The highest BCUT2D eigenvalue weighted by Gasteiger charge is 2.25. The fourth-order valence-corrected chi connectivity index (χ4v) is 5.72. The third-order valence-corrected chi connectivity index (χ3v) is 7.50. The van der Waals surface area contributed by atoms with Gasteiger partial charge in [-0.1, -0.05) is 43.3 Å². The number of anilines is 1. The molecule has 4 rings (SSSR count). The second-order valence-electron chi connectivity index (χ2n) is 10.9. The van der Waals surface area contributed by atoms with Crippen LogP contribution in [0.25, 0.3) is 0 Å². The first kappa shape index (κ1) is 27.0. The predicted molar refractivity (Wildman–Crippen MR) is 152 cm³/mol. The van der Waals surface area contributed by atoms with Crippen LogP contribution in [0.1, 0.15) is 60.9 Å². The number of aliphatic hydroxyl groups is 1. The van der Waals surface area contributed by atoms with E-state index in [0.717, 1.165) is 50.2 Å². The summed E-state index contributed by atoms with van der Waals surface area (Å²) in [5.41, 5.74) is 7.56. The van der Waals surface area contributed by atoms with E-state index in [4.69, 9.17) is 4.74 Å². The third kappa shape index (κ3) is 6.85. The Kier molecular flexibility index (Phi) is 8.78. The van der Waals surface area contributed by atoms with Gasteiger partial charge in [0, 0.05) is 30.4 Å². The van der Waals surface area contributed by atoms with Crippen LogP contribution < -0.4 is 15.0 Å². The SMILES string of the molecule is CCNC(C)(C)Cc1ccc(CN(CCO)c2cc(OC)ccc2[C@@H]2CCc3cc(O)ccc3C2)cc1. The number of aryl methyl sites for hydroxylation is 1. The fraction of sp³-hybridized carbons (Fsp3) is 0.438. The lowest BCUT2D eigenvalue weighted by Gasteiger charge is -2.32. The van der Waals surface area contributed by atoms with Crippen molar-refractivity contribution in [2.24, 2.45) is 0 Å². The zero-order chi connectivity index (χ0) is 26.4. The lowest BCUT2D eigenvalue weighted by Crippen LogP contribution is -2.41. The molecule has 0 saturated heterocycles. The van der Waals surface area contributed by atoms with E-state index in [0.29, 0.717) is 18.2 Å². The first-order chi connectivity index (χ1) is 17.8. The monoisotopic (exact) mass is 502 g/mol. The van der Waals surface area contributed by atoms with Crippen molar-refractivity contribution in [1.82, 2.24) is 5.32 Å². The van der Waals surface area contributed by atoms with Crippen LogP contribution in [0, 0.1) is 0 Å². The average molecular weight is 503 g/mol. The van der Waals surface area contributed by atoms with Gasteiger partial charge in [0.2, 0.25) is 0 Å². The molecule has 0 spiro atoms. The van der Waals surface area contributed by atoms with E-state index in [1.807, 2.05) is 12.1 Å². The minimum atomic E-state index is 0.0616. The Morgan fingerprint density at radius 1 is 1.00 bits per heavy atom. The van der Waals surface area contributed by atoms with Crippen LogP contribution in [0.2, 0.25) is 0 Å². The highest BCUT2D eigenvalue weighted by atomic mass is 16.5. The first-order valence-corrected chi connectivity index (χ1v) is 13.5. The molecule has 0 unspecified atom stereocenters. The number of nitrogens with one attached hydrogen (secondary N) is 1. The van der Waals surface area contributed by atoms with Crippen LogP contribution in [0.3, 0.4) is 0 Å². The highest BCUT2D eigenvalue weighted by Crippen LogP contribution is 2.40. The van der Waals surface area contributed by atoms with Gasteiger partial charge in [-0.15, -0.1) is 0 Å². The summed E-state index contributed by atoms with van der Waals surface area (Å²) in [5.74, 6) is 1.53. The minimum Gasteiger partial charge on any atom is -0.508 e. The second-order valence-corrected chi connectivity index (χ2v) is 10.9. The second kappa shape index (κ2) is 12.0. The number of aliphatic hydroxyl groups excluding tert-OH is 1. The summed E-state index contributed by atoms with van der Waals surface area (Å²) in [6.07, 6.45) is 3.89. The van der Waals surface area contributed by atoms with Gasteiger partial charge in [-0.05, 0) is 98.0 Å². The van der Waals surface area contributed by atoms with Crippen molar-refractivity contribution >= 4 is 5.69 Å². The van der Waals surface area contributed by atoms with Gasteiger partial charge >= 0.3 is 0 Å². The maximum atomic E-state index is 9.98. The molecule has 37 heavy (non-hydrogen) atoms. The molecule has 1 aliphatic carbocycles. The third-order valence-electron chi connectivity index (χ3n) is 7.50. The van der Waals surface area contributed by atoms with Crippen molar-refractivity contribution in [3.05, 3.63) is 88.5 Å². The van der Waals surface area contributed by atoms with E-state index in [1.54, 1.807) is 13.2 Å². The van der Waals surface area contributed by atoms with Crippen molar-refractivity contribution in [3.63, 3.8) is 0 Å². The van der Waals surface area contributed by atoms with E-state index < -0.39 is 0 Å². The van der Waals surface area contributed by atoms with E-state index in [9.17, 15) is 10.2 Å². The Morgan fingerprint density at radius 3 is 2.46 bits per heavy atom. The standard InChI is InChI=1S/C32H42N2O3/c1-5-33-32(2,3)21-23-6-8-24(9-7-23)22-34(16-17-35)31-20-29(37-4)14-15-30(31)27-11-10-26-19-28(36)13-12-25(26)18-27/h6-9,12-15,19-20,27,33,35-36H,5,10-11,16-18,21-22H2,1-4H3/t27-/m1/s1. The molecule has 5 heteroatoms. The Labute approximate surface area is 222 Å². The molecule has 0 heterocycles. The molecule has 1 aliphatic rings. The normalized spacial score (nSPS) is 15.3. The molecule has 0 radical (unpaired) electrons. The molecule has 0 aliphatic heterocycles. The van der Waals surface area contributed by atoms with Crippen LogP contribution >= 0.6 is 0 Å². The largest absolute Gasteiger partial charge is 0.508 e. The number of phenolic OH excluding ortho intramolecular Hbond substituents is 1. The zero-order valence-corrected chi connectivity index (χ0v) is 22.8. The van der Waals surface area contributed by atoms with E-state index in [1.165, 1.54) is 27.8 Å². The maximum Gasteiger partial charge on any atom is 0.120 e. The summed E-state index contributed by atoms with van der Waals surface area (Å²) in [4.78, 5) is 2.28. The molecule has 3 aromatic rings. The topological polar surface area (TPSA) is 65.0 Å². The van der Waals surface area contributed by atoms with Crippen molar-refractivity contribution in [3.8, 4) is 11.5 Å². The Bertz CT molecular complexity index is 1170. The lowest BCUT2D eigenvalue weighted by atomic mass is 9.79. The van der Waals surface area contributed by atoms with E-state index >= 15 is 0 Å².